The van der Waals surface area contributed by atoms with E-state index >= 15 is 0 Å². The van der Waals surface area contributed by atoms with Gasteiger partial charge in [0, 0.05) is 27.8 Å². The number of thiazole rings is 1. The van der Waals surface area contributed by atoms with Crippen molar-refractivity contribution in [3.05, 3.63) is 33.8 Å². The van der Waals surface area contributed by atoms with Gasteiger partial charge in [-0.05, 0) is 39.3 Å². The molecule has 3 aromatic rings. The standard InChI is InChI=1S/C18H21N3O2S/c1-5-8-23-15-7-6-13(18(22)10(15)2)17-16(11(3)20-21-17)14-9-24-12(4)19-14/h6-7,9,22H,5,8H2,1-4H3,(H,20,21). The summed E-state index contributed by atoms with van der Waals surface area (Å²) in [5, 5.41) is 21.1. The van der Waals surface area contributed by atoms with E-state index in [0.29, 0.717) is 23.6 Å². The Morgan fingerprint density at radius 2 is 2.04 bits per heavy atom. The molecule has 0 radical (unpaired) electrons. The summed E-state index contributed by atoms with van der Waals surface area (Å²) < 4.78 is 5.68. The molecule has 0 amide bonds. The SMILES string of the molecule is CCCOc1ccc(-c2n[nH]c(C)c2-c2csc(C)n2)c(O)c1C. The van der Waals surface area contributed by atoms with Gasteiger partial charge in [0.15, 0.2) is 0 Å². The summed E-state index contributed by atoms with van der Waals surface area (Å²) in [6.07, 6.45) is 0.924. The smallest absolute Gasteiger partial charge is 0.131 e. The Morgan fingerprint density at radius 1 is 1.25 bits per heavy atom. The van der Waals surface area contributed by atoms with Gasteiger partial charge in [-0.15, -0.1) is 11.3 Å². The highest BCUT2D eigenvalue weighted by molar-refractivity contribution is 7.09. The molecular formula is C18H21N3O2S. The number of nitrogens with one attached hydrogen (secondary N) is 1. The van der Waals surface area contributed by atoms with Crippen LogP contribution in [0.25, 0.3) is 22.5 Å². The van der Waals surface area contributed by atoms with Crippen molar-refractivity contribution in [1.29, 1.82) is 0 Å². The molecule has 2 heterocycles. The van der Waals surface area contributed by atoms with Crippen LogP contribution in [0.15, 0.2) is 17.5 Å². The van der Waals surface area contributed by atoms with Crippen LogP contribution >= 0.6 is 11.3 Å². The summed E-state index contributed by atoms with van der Waals surface area (Å²) in [4.78, 5) is 4.56. The maximum absolute atomic E-state index is 10.7. The van der Waals surface area contributed by atoms with Crippen molar-refractivity contribution >= 4 is 11.3 Å². The lowest BCUT2D eigenvalue weighted by Gasteiger charge is -2.12. The third-order valence-electron chi connectivity index (χ3n) is 3.92. The lowest BCUT2D eigenvalue weighted by Crippen LogP contribution is -1.98. The summed E-state index contributed by atoms with van der Waals surface area (Å²) >= 11 is 1.60. The van der Waals surface area contributed by atoms with Crippen LogP contribution in [0.3, 0.4) is 0 Å². The minimum Gasteiger partial charge on any atom is -0.507 e. The largest absolute Gasteiger partial charge is 0.507 e. The molecule has 1 aromatic carbocycles. The molecule has 0 saturated carbocycles. The zero-order valence-corrected chi connectivity index (χ0v) is 15.1. The van der Waals surface area contributed by atoms with Crippen molar-refractivity contribution in [2.45, 2.75) is 34.1 Å². The molecule has 0 bridgehead atoms. The molecule has 6 heteroatoms. The van der Waals surface area contributed by atoms with E-state index < -0.39 is 0 Å². The monoisotopic (exact) mass is 343 g/mol. The number of aryl methyl sites for hydroxylation is 2. The van der Waals surface area contributed by atoms with E-state index in [1.807, 2.05) is 38.3 Å². The Bertz CT molecular complexity index is 867. The van der Waals surface area contributed by atoms with Crippen molar-refractivity contribution in [2.75, 3.05) is 6.61 Å². The minimum absolute atomic E-state index is 0.198. The normalized spacial score (nSPS) is 11.0. The molecule has 0 atom stereocenters. The molecule has 2 aromatic heterocycles. The second-order valence-corrected chi connectivity index (χ2v) is 6.82. The van der Waals surface area contributed by atoms with Crippen LogP contribution in [0.4, 0.5) is 0 Å². The van der Waals surface area contributed by atoms with Crippen LogP contribution in [0.5, 0.6) is 11.5 Å². The number of nitrogens with zero attached hydrogens (tertiary/aromatic N) is 2. The van der Waals surface area contributed by atoms with E-state index in [-0.39, 0.29) is 5.75 Å². The summed E-state index contributed by atoms with van der Waals surface area (Å²) in [6.45, 7) is 8.48. The van der Waals surface area contributed by atoms with Crippen LogP contribution < -0.4 is 4.74 Å². The number of aromatic hydroxyl groups is 1. The summed E-state index contributed by atoms with van der Waals surface area (Å²) in [7, 11) is 0. The molecule has 0 aliphatic rings. The zero-order valence-electron chi connectivity index (χ0n) is 14.3. The molecule has 126 valence electrons. The first-order chi connectivity index (χ1) is 11.5. The van der Waals surface area contributed by atoms with E-state index in [4.69, 9.17) is 4.74 Å². The predicted octanol–water partition coefficient (Wildman–Crippen LogP) is 4.62. The fourth-order valence-corrected chi connectivity index (χ4v) is 3.26. The number of phenolic OH excluding ortho intramolecular Hbond substituents is 1. The number of aromatic nitrogens is 3. The van der Waals surface area contributed by atoms with Crippen molar-refractivity contribution in [1.82, 2.24) is 15.2 Å². The Labute approximate surface area is 145 Å². The highest BCUT2D eigenvalue weighted by atomic mass is 32.1. The minimum atomic E-state index is 0.198. The van der Waals surface area contributed by atoms with Crippen LogP contribution in [0, 0.1) is 20.8 Å². The fraction of sp³-hybridized carbons (Fsp3) is 0.333. The van der Waals surface area contributed by atoms with E-state index in [2.05, 4.69) is 22.1 Å². The van der Waals surface area contributed by atoms with Gasteiger partial charge in [0.1, 0.15) is 17.2 Å². The Hall–Kier alpha value is -2.34. The number of hydrogen-bond acceptors (Lipinski definition) is 5. The van der Waals surface area contributed by atoms with Gasteiger partial charge >= 0.3 is 0 Å². The van der Waals surface area contributed by atoms with Gasteiger partial charge < -0.3 is 9.84 Å². The van der Waals surface area contributed by atoms with Crippen molar-refractivity contribution in [3.63, 3.8) is 0 Å². The van der Waals surface area contributed by atoms with Gasteiger partial charge in [0.05, 0.1) is 17.3 Å². The fourth-order valence-electron chi connectivity index (χ4n) is 2.66. The van der Waals surface area contributed by atoms with Crippen molar-refractivity contribution < 1.29 is 9.84 Å². The number of H-pyrrole nitrogens is 1. The average Bonchev–Trinajstić information content (AvgIpc) is 3.14. The predicted molar refractivity (Wildman–Crippen MR) is 96.8 cm³/mol. The van der Waals surface area contributed by atoms with Gasteiger partial charge in [-0.2, -0.15) is 5.10 Å². The molecule has 2 N–H and O–H groups in total. The Kier molecular flexibility index (Phi) is 4.57. The highest BCUT2D eigenvalue weighted by Crippen LogP contribution is 2.41. The van der Waals surface area contributed by atoms with Gasteiger partial charge in [0.25, 0.3) is 0 Å². The van der Waals surface area contributed by atoms with Crippen LogP contribution in [0.1, 0.15) is 29.6 Å². The van der Waals surface area contributed by atoms with Crippen molar-refractivity contribution in [2.24, 2.45) is 0 Å². The van der Waals surface area contributed by atoms with Gasteiger partial charge in [-0.1, -0.05) is 6.92 Å². The molecule has 0 saturated heterocycles. The van der Waals surface area contributed by atoms with E-state index in [1.54, 1.807) is 11.3 Å². The van der Waals surface area contributed by atoms with Gasteiger partial charge in [0.2, 0.25) is 0 Å². The van der Waals surface area contributed by atoms with E-state index in [0.717, 1.165) is 33.9 Å². The summed E-state index contributed by atoms with van der Waals surface area (Å²) in [5.41, 5.74) is 4.85. The van der Waals surface area contributed by atoms with Crippen LogP contribution in [-0.4, -0.2) is 26.9 Å². The summed E-state index contributed by atoms with van der Waals surface area (Å²) in [5.74, 6) is 0.903. The molecule has 0 spiro atoms. The number of benzene rings is 1. The first-order valence-electron chi connectivity index (χ1n) is 7.96. The topological polar surface area (TPSA) is 71.0 Å². The average molecular weight is 343 g/mol. The Morgan fingerprint density at radius 3 is 2.71 bits per heavy atom. The number of aromatic amines is 1. The molecule has 5 nitrogen and oxygen atoms in total. The molecule has 0 unspecified atom stereocenters. The number of rotatable bonds is 5. The molecular weight excluding hydrogens is 322 g/mol. The number of phenols is 1. The van der Waals surface area contributed by atoms with E-state index in [9.17, 15) is 5.11 Å². The maximum Gasteiger partial charge on any atom is 0.131 e. The molecule has 0 aliphatic heterocycles. The van der Waals surface area contributed by atoms with Crippen LogP contribution in [-0.2, 0) is 0 Å². The molecule has 0 fully saturated rings. The Balaban J connectivity index is 2.09. The second-order valence-electron chi connectivity index (χ2n) is 5.76. The molecule has 3 rings (SSSR count). The van der Waals surface area contributed by atoms with Gasteiger partial charge in [-0.3, -0.25) is 5.10 Å². The lowest BCUT2D eigenvalue weighted by atomic mass is 10.0. The number of hydrogen-bond donors (Lipinski definition) is 2. The maximum atomic E-state index is 10.7. The number of ether oxygens (including phenoxy) is 1. The quantitative estimate of drug-likeness (QED) is 0.709. The lowest BCUT2D eigenvalue weighted by molar-refractivity contribution is 0.313. The second kappa shape index (κ2) is 6.65. The molecule has 24 heavy (non-hydrogen) atoms. The van der Waals surface area contributed by atoms with E-state index in [1.165, 1.54) is 0 Å². The first-order valence-corrected chi connectivity index (χ1v) is 8.84. The van der Waals surface area contributed by atoms with Crippen LogP contribution in [0.2, 0.25) is 0 Å². The third kappa shape index (κ3) is 2.89. The molecule has 0 aliphatic carbocycles. The summed E-state index contributed by atoms with van der Waals surface area (Å²) in [6, 6.07) is 3.74. The first kappa shape index (κ1) is 16.5. The third-order valence-corrected chi connectivity index (χ3v) is 4.69. The zero-order chi connectivity index (χ0) is 17.3. The van der Waals surface area contributed by atoms with Gasteiger partial charge in [-0.25, -0.2) is 4.98 Å². The van der Waals surface area contributed by atoms with Crippen molar-refractivity contribution in [3.8, 4) is 34.0 Å². The highest BCUT2D eigenvalue weighted by Gasteiger charge is 2.21.